The lowest BCUT2D eigenvalue weighted by atomic mass is 10.1. The fraction of sp³-hybridized carbons (Fsp3) is 0.231. The molecule has 0 amide bonds. The molecule has 0 aliphatic heterocycles. The number of ether oxygens (including phenoxy) is 1. The number of nitrogens with zero attached hydrogens (tertiary/aromatic N) is 3. The number of esters is 1. The summed E-state index contributed by atoms with van der Waals surface area (Å²) in [4.78, 5) is 22.5. The molecule has 0 radical (unpaired) electrons. The van der Waals surface area contributed by atoms with E-state index in [-0.39, 0.29) is 17.9 Å². The molecule has 0 bridgehead atoms. The van der Waals surface area contributed by atoms with Gasteiger partial charge in [-0.25, -0.2) is 14.3 Å². The van der Waals surface area contributed by atoms with Gasteiger partial charge in [-0.3, -0.25) is 0 Å². The van der Waals surface area contributed by atoms with Gasteiger partial charge in [0.05, 0.1) is 24.1 Å². The number of aromatic carboxylic acids is 1. The van der Waals surface area contributed by atoms with Crippen LogP contribution < -0.4 is 0 Å². The molecule has 20 heavy (non-hydrogen) atoms. The number of hydrogen-bond acceptors (Lipinski definition) is 5. The molecule has 0 aliphatic carbocycles. The van der Waals surface area contributed by atoms with Gasteiger partial charge in [0.15, 0.2) is 5.69 Å². The molecule has 104 valence electrons. The Morgan fingerprint density at radius 2 is 2.15 bits per heavy atom. The lowest BCUT2D eigenvalue weighted by Gasteiger charge is -2.05. The largest absolute Gasteiger partial charge is 0.478 e. The molecular formula is C13H13N3O4. The number of carbonyl (C=O) groups excluding carboxylic acids is 1. The van der Waals surface area contributed by atoms with Crippen molar-refractivity contribution < 1.29 is 19.4 Å². The third-order valence-electron chi connectivity index (χ3n) is 2.68. The quantitative estimate of drug-likeness (QED) is 0.849. The molecule has 1 aromatic carbocycles. The van der Waals surface area contributed by atoms with E-state index in [1.54, 1.807) is 13.0 Å². The molecule has 1 heterocycles. The Hall–Kier alpha value is -2.70. The minimum absolute atomic E-state index is 0.0759. The first kappa shape index (κ1) is 13.7. The van der Waals surface area contributed by atoms with Gasteiger partial charge < -0.3 is 9.84 Å². The van der Waals surface area contributed by atoms with Crippen molar-refractivity contribution in [3.63, 3.8) is 0 Å². The number of hydrogen-bond donors (Lipinski definition) is 1. The first-order valence-corrected chi connectivity index (χ1v) is 5.96. The smallest absolute Gasteiger partial charge is 0.360 e. The van der Waals surface area contributed by atoms with Crippen LogP contribution in [0.25, 0.3) is 5.69 Å². The first-order chi connectivity index (χ1) is 9.52. The van der Waals surface area contributed by atoms with Crippen LogP contribution in [-0.4, -0.2) is 38.6 Å². The zero-order chi connectivity index (χ0) is 14.7. The molecule has 0 saturated carbocycles. The maximum Gasteiger partial charge on any atom is 0.360 e. The highest BCUT2D eigenvalue weighted by Crippen LogP contribution is 2.16. The predicted octanol–water partition coefficient (Wildman–Crippen LogP) is 1.45. The number of benzene rings is 1. The fourth-order valence-electron chi connectivity index (χ4n) is 1.67. The van der Waals surface area contributed by atoms with Gasteiger partial charge >= 0.3 is 11.9 Å². The summed E-state index contributed by atoms with van der Waals surface area (Å²) in [6.07, 6.45) is 1.41. The van der Waals surface area contributed by atoms with E-state index in [2.05, 4.69) is 10.3 Å². The topological polar surface area (TPSA) is 94.3 Å². The van der Waals surface area contributed by atoms with Gasteiger partial charge in [0.25, 0.3) is 0 Å². The Balaban J connectivity index is 2.39. The van der Waals surface area contributed by atoms with Gasteiger partial charge in [0.2, 0.25) is 0 Å². The van der Waals surface area contributed by atoms with E-state index >= 15 is 0 Å². The van der Waals surface area contributed by atoms with Crippen LogP contribution in [0.3, 0.4) is 0 Å². The van der Waals surface area contributed by atoms with Crippen LogP contribution in [0.1, 0.15) is 33.3 Å². The van der Waals surface area contributed by atoms with Crippen molar-refractivity contribution in [1.29, 1.82) is 0 Å². The highest BCUT2D eigenvalue weighted by atomic mass is 16.5. The Bertz CT molecular complexity index is 663. The van der Waals surface area contributed by atoms with Crippen molar-refractivity contribution in [3.05, 3.63) is 41.2 Å². The van der Waals surface area contributed by atoms with E-state index in [4.69, 9.17) is 9.84 Å². The molecule has 1 N–H and O–H groups in total. The third kappa shape index (κ3) is 2.66. The molecule has 0 saturated heterocycles. The Labute approximate surface area is 114 Å². The van der Waals surface area contributed by atoms with E-state index in [9.17, 15) is 9.59 Å². The van der Waals surface area contributed by atoms with Crippen molar-refractivity contribution in [2.45, 2.75) is 13.8 Å². The third-order valence-corrected chi connectivity index (χ3v) is 2.68. The van der Waals surface area contributed by atoms with Gasteiger partial charge in [-0.15, -0.1) is 5.10 Å². The van der Waals surface area contributed by atoms with E-state index in [1.165, 1.54) is 23.0 Å². The standard InChI is InChI=1S/C13H13N3O4/c1-3-20-13(19)10-7-16(15-14-10)11-6-9(12(17)18)5-4-8(11)2/h4-7H,3H2,1-2H3,(H,17,18). The monoisotopic (exact) mass is 275 g/mol. The highest BCUT2D eigenvalue weighted by Gasteiger charge is 2.14. The zero-order valence-electron chi connectivity index (χ0n) is 11.0. The summed E-state index contributed by atoms with van der Waals surface area (Å²) in [5.41, 5.74) is 1.58. The molecular weight excluding hydrogens is 262 g/mol. The van der Waals surface area contributed by atoms with Crippen LogP contribution in [0.5, 0.6) is 0 Å². The lowest BCUT2D eigenvalue weighted by Crippen LogP contribution is -2.05. The molecule has 2 rings (SSSR count). The average Bonchev–Trinajstić information content (AvgIpc) is 2.88. The maximum absolute atomic E-state index is 11.5. The SMILES string of the molecule is CCOC(=O)c1cn(-c2cc(C(=O)O)ccc2C)nn1. The summed E-state index contributed by atoms with van der Waals surface area (Å²) >= 11 is 0. The van der Waals surface area contributed by atoms with Crippen molar-refractivity contribution in [3.8, 4) is 5.69 Å². The molecule has 0 fully saturated rings. The van der Waals surface area contributed by atoms with Crippen LogP contribution in [0.4, 0.5) is 0 Å². The van der Waals surface area contributed by atoms with Crippen LogP contribution >= 0.6 is 0 Å². The number of rotatable bonds is 4. The molecule has 0 unspecified atom stereocenters. The minimum Gasteiger partial charge on any atom is -0.478 e. The normalized spacial score (nSPS) is 10.3. The number of aryl methyl sites for hydroxylation is 1. The summed E-state index contributed by atoms with van der Waals surface area (Å²) in [6, 6.07) is 4.65. The van der Waals surface area contributed by atoms with Crippen LogP contribution in [0, 0.1) is 6.92 Å². The van der Waals surface area contributed by atoms with Crippen molar-refractivity contribution in [2.24, 2.45) is 0 Å². The molecule has 0 aliphatic rings. The average molecular weight is 275 g/mol. The number of carboxylic acid groups (broad SMARTS) is 1. The number of carboxylic acids is 1. The van der Waals surface area contributed by atoms with Crippen LogP contribution in [-0.2, 0) is 4.74 Å². The van der Waals surface area contributed by atoms with Gasteiger partial charge in [0.1, 0.15) is 0 Å². The lowest BCUT2D eigenvalue weighted by molar-refractivity contribution is 0.0519. The fourth-order valence-corrected chi connectivity index (χ4v) is 1.67. The summed E-state index contributed by atoms with van der Waals surface area (Å²) in [5.74, 6) is -1.59. The van der Waals surface area contributed by atoms with E-state index < -0.39 is 11.9 Å². The summed E-state index contributed by atoms with van der Waals surface area (Å²) in [5, 5.41) is 16.5. The molecule has 7 nitrogen and oxygen atoms in total. The maximum atomic E-state index is 11.5. The van der Waals surface area contributed by atoms with Crippen molar-refractivity contribution in [1.82, 2.24) is 15.0 Å². The molecule has 0 atom stereocenters. The second-order valence-corrected chi connectivity index (χ2v) is 4.08. The van der Waals surface area contributed by atoms with Gasteiger partial charge in [0, 0.05) is 0 Å². The summed E-state index contributed by atoms with van der Waals surface area (Å²) in [6.45, 7) is 3.76. The van der Waals surface area contributed by atoms with E-state index in [0.29, 0.717) is 5.69 Å². The Kier molecular flexibility index (Phi) is 3.79. The minimum atomic E-state index is -1.03. The van der Waals surface area contributed by atoms with Crippen LogP contribution in [0.2, 0.25) is 0 Å². The summed E-state index contributed by atoms with van der Waals surface area (Å²) in [7, 11) is 0. The van der Waals surface area contributed by atoms with E-state index in [1.807, 2.05) is 6.92 Å². The van der Waals surface area contributed by atoms with Gasteiger partial charge in [-0.2, -0.15) is 0 Å². The number of aromatic nitrogens is 3. The van der Waals surface area contributed by atoms with Crippen molar-refractivity contribution >= 4 is 11.9 Å². The Morgan fingerprint density at radius 1 is 1.40 bits per heavy atom. The molecule has 1 aromatic heterocycles. The first-order valence-electron chi connectivity index (χ1n) is 5.96. The second-order valence-electron chi connectivity index (χ2n) is 4.08. The van der Waals surface area contributed by atoms with Crippen molar-refractivity contribution in [2.75, 3.05) is 6.61 Å². The molecule has 0 spiro atoms. The highest BCUT2D eigenvalue weighted by molar-refractivity contribution is 5.89. The Morgan fingerprint density at radius 3 is 2.80 bits per heavy atom. The second kappa shape index (κ2) is 5.52. The summed E-state index contributed by atoms with van der Waals surface area (Å²) < 4.78 is 6.18. The van der Waals surface area contributed by atoms with Gasteiger partial charge in [-0.05, 0) is 31.5 Å². The number of carbonyl (C=O) groups is 2. The van der Waals surface area contributed by atoms with Crippen LogP contribution in [0.15, 0.2) is 24.4 Å². The van der Waals surface area contributed by atoms with Gasteiger partial charge in [-0.1, -0.05) is 11.3 Å². The molecule has 7 heteroatoms. The molecule has 2 aromatic rings. The zero-order valence-corrected chi connectivity index (χ0v) is 11.0. The van der Waals surface area contributed by atoms with E-state index in [0.717, 1.165) is 5.56 Å². The predicted molar refractivity (Wildman–Crippen MR) is 69.0 cm³/mol.